The second-order valence-electron chi connectivity index (χ2n) is 4.66. The molecule has 0 spiro atoms. The van der Waals surface area contributed by atoms with Crippen LogP contribution < -0.4 is 10.6 Å². The molecule has 0 bridgehead atoms. The topological polar surface area (TPSA) is 98.7 Å². The lowest BCUT2D eigenvalue weighted by Gasteiger charge is -2.19. The molecule has 1 aliphatic heterocycles. The van der Waals surface area contributed by atoms with Gasteiger partial charge in [0.05, 0.1) is 6.61 Å². The van der Waals surface area contributed by atoms with E-state index in [1.807, 2.05) is 0 Å². The van der Waals surface area contributed by atoms with Gasteiger partial charge in [0, 0.05) is 6.04 Å². The molecule has 7 nitrogen and oxygen atoms in total. The zero-order chi connectivity index (χ0) is 13.9. The molecule has 0 aromatic rings. The lowest BCUT2D eigenvalue weighted by atomic mass is 9.99. The fourth-order valence-electron chi connectivity index (χ4n) is 1.64. The Kier molecular flexibility index (Phi) is 4.28. The van der Waals surface area contributed by atoms with Crippen LogP contribution in [0.1, 0.15) is 27.2 Å². The monoisotopic (exact) mass is 257 g/mol. The van der Waals surface area contributed by atoms with Crippen molar-refractivity contribution >= 4 is 17.8 Å². The molecule has 2 unspecified atom stereocenters. The summed E-state index contributed by atoms with van der Waals surface area (Å²) in [5.74, 6) is -0.873. The van der Waals surface area contributed by atoms with E-state index < -0.39 is 29.4 Å². The Balaban J connectivity index is 2.66. The molecule has 18 heavy (non-hydrogen) atoms. The highest BCUT2D eigenvalue weighted by Gasteiger charge is 2.46. The van der Waals surface area contributed by atoms with E-state index in [9.17, 15) is 14.4 Å². The van der Waals surface area contributed by atoms with Crippen LogP contribution in [0.5, 0.6) is 0 Å². The molecule has 4 amide bonds. The van der Waals surface area contributed by atoms with Crippen molar-refractivity contribution < 1.29 is 19.5 Å². The van der Waals surface area contributed by atoms with E-state index in [2.05, 4.69) is 10.6 Å². The van der Waals surface area contributed by atoms with Crippen molar-refractivity contribution in [3.8, 4) is 0 Å². The van der Waals surface area contributed by atoms with Gasteiger partial charge in [0.25, 0.3) is 5.91 Å². The first-order valence-electron chi connectivity index (χ1n) is 5.88. The van der Waals surface area contributed by atoms with Gasteiger partial charge in [0.2, 0.25) is 5.91 Å². The van der Waals surface area contributed by atoms with Crippen molar-refractivity contribution in [1.82, 2.24) is 15.5 Å². The zero-order valence-corrected chi connectivity index (χ0v) is 10.8. The van der Waals surface area contributed by atoms with Crippen LogP contribution in [0.15, 0.2) is 0 Å². The smallest absolute Gasteiger partial charge is 0.325 e. The number of amides is 4. The minimum atomic E-state index is -0.931. The fraction of sp³-hybridized carbons (Fsp3) is 0.727. The van der Waals surface area contributed by atoms with Crippen LogP contribution in [-0.2, 0) is 9.59 Å². The van der Waals surface area contributed by atoms with Crippen LogP contribution >= 0.6 is 0 Å². The van der Waals surface area contributed by atoms with Crippen LogP contribution in [0.3, 0.4) is 0 Å². The summed E-state index contributed by atoms with van der Waals surface area (Å²) in [5.41, 5.74) is -0.931. The number of nitrogens with one attached hydrogen (secondary N) is 2. The quantitative estimate of drug-likeness (QED) is 0.562. The molecule has 0 aromatic carbocycles. The second-order valence-corrected chi connectivity index (χ2v) is 4.66. The molecule has 2 atom stereocenters. The van der Waals surface area contributed by atoms with Crippen molar-refractivity contribution in [2.45, 2.75) is 38.8 Å². The number of carbonyl (C=O) groups is 3. The number of hydrogen-bond acceptors (Lipinski definition) is 4. The van der Waals surface area contributed by atoms with Gasteiger partial charge in [0.15, 0.2) is 0 Å². The summed E-state index contributed by atoms with van der Waals surface area (Å²) in [6.07, 6.45) is 0.461. The van der Waals surface area contributed by atoms with Gasteiger partial charge >= 0.3 is 6.03 Å². The standard InChI is InChI=1S/C11H19N3O4/c1-4-11(3)9(17)14(10(18)13-11)5-8(16)12-7(2)6-15/h7,15H,4-6H2,1-3H3,(H,12,16)(H,13,18). The third-order valence-corrected chi connectivity index (χ3v) is 3.04. The summed E-state index contributed by atoms with van der Waals surface area (Å²) in [5, 5.41) is 13.8. The van der Waals surface area contributed by atoms with Crippen LogP contribution in [-0.4, -0.2) is 52.6 Å². The molecule has 1 saturated heterocycles. The van der Waals surface area contributed by atoms with E-state index in [1.54, 1.807) is 20.8 Å². The Morgan fingerprint density at radius 2 is 2.17 bits per heavy atom. The molecular weight excluding hydrogens is 238 g/mol. The average Bonchev–Trinajstić information content (AvgIpc) is 2.53. The highest BCUT2D eigenvalue weighted by molar-refractivity contribution is 6.08. The molecule has 7 heteroatoms. The van der Waals surface area contributed by atoms with Crippen molar-refractivity contribution in [2.75, 3.05) is 13.2 Å². The molecule has 1 rings (SSSR count). The normalized spacial score (nSPS) is 25.0. The van der Waals surface area contributed by atoms with E-state index in [0.29, 0.717) is 6.42 Å². The van der Waals surface area contributed by atoms with E-state index >= 15 is 0 Å². The predicted octanol–water partition coefficient (Wildman–Crippen LogP) is -0.796. The summed E-state index contributed by atoms with van der Waals surface area (Å²) >= 11 is 0. The van der Waals surface area contributed by atoms with Gasteiger partial charge in [-0.25, -0.2) is 4.79 Å². The number of aliphatic hydroxyl groups excluding tert-OH is 1. The van der Waals surface area contributed by atoms with Crippen molar-refractivity contribution in [3.63, 3.8) is 0 Å². The highest BCUT2D eigenvalue weighted by Crippen LogP contribution is 2.20. The van der Waals surface area contributed by atoms with E-state index in [0.717, 1.165) is 4.90 Å². The van der Waals surface area contributed by atoms with Crippen LogP contribution in [0.4, 0.5) is 4.79 Å². The number of hydrogen-bond donors (Lipinski definition) is 3. The van der Waals surface area contributed by atoms with Gasteiger partial charge in [-0.05, 0) is 20.3 Å². The van der Waals surface area contributed by atoms with E-state index in [-0.39, 0.29) is 13.2 Å². The number of imide groups is 1. The minimum Gasteiger partial charge on any atom is -0.394 e. The fourth-order valence-corrected chi connectivity index (χ4v) is 1.64. The Morgan fingerprint density at radius 1 is 1.56 bits per heavy atom. The third-order valence-electron chi connectivity index (χ3n) is 3.04. The molecule has 102 valence electrons. The molecular formula is C11H19N3O4. The minimum absolute atomic E-state index is 0.196. The zero-order valence-electron chi connectivity index (χ0n) is 10.8. The predicted molar refractivity (Wildman–Crippen MR) is 63.6 cm³/mol. The lowest BCUT2D eigenvalue weighted by Crippen LogP contribution is -2.46. The van der Waals surface area contributed by atoms with Crippen molar-refractivity contribution in [2.24, 2.45) is 0 Å². The van der Waals surface area contributed by atoms with Crippen LogP contribution in [0.2, 0.25) is 0 Å². The molecule has 3 N–H and O–H groups in total. The van der Waals surface area contributed by atoms with Crippen molar-refractivity contribution in [1.29, 1.82) is 0 Å². The number of urea groups is 1. The largest absolute Gasteiger partial charge is 0.394 e. The van der Waals surface area contributed by atoms with Gasteiger partial charge in [-0.2, -0.15) is 0 Å². The lowest BCUT2D eigenvalue weighted by molar-refractivity contribution is -0.134. The first-order valence-corrected chi connectivity index (χ1v) is 5.88. The summed E-state index contributed by atoms with van der Waals surface area (Å²) in [4.78, 5) is 36.0. The first-order chi connectivity index (χ1) is 8.34. The molecule has 0 saturated carbocycles. The van der Waals surface area contributed by atoms with Gasteiger partial charge in [-0.15, -0.1) is 0 Å². The molecule has 1 fully saturated rings. The Hall–Kier alpha value is -1.63. The van der Waals surface area contributed by atoms with Crippen LogP contribution in [0, 0.1) is 0 Å². The maximum atomic E-state index is 12.0. The maximum Gasteiger partial charge on any atom is 0.325 e. The van der Waals surface area contributed by atoms with E-state index in [4.69, 9.17) is 5.11 Å². The van der Waals surface area contributed by atoms with Crippen molar-refractivity contribution in [3.05, 3.63) is 0 Å². The third kappa shape index (κ3) is 2.79. The average molecular weight is 257 g/mol. The Bertz CT molecular complexity index is 371. The van der Waals surface area contributed by atoms with E-state index in [1.165, 1.54) is 0 Å². The van der Waals surface area contributed by atoms with Gasteiger partial charge in [-0.1, -0.05) is 6.92 Å². The molecule has 0 aliphatic carbocycles. The Morgan fingerprint density at radius 3 is 2.61 bits per heavy atom. The Labute approximate surface area is 106 Å². The first kappa shape index (κ1) is 14.4. The summed E-state index contributed by atoms with van der Waals surface area (Å²) < 4.78 is 0. The summed E-state index contributed by atoms with van der Waals surface area (Å²) in [6, 6.07) is -0.966. The number of carbonyl (C=O) groups excluding carboxylic acids is 3. The SMILES string of the molecule is CCC1(C)NC(=O)N(CC(=O)NC(C)CO)C1=O. The molecule has 1 aliphatic rings. The number of aliphatic hydroxyl groups is 1. The molecule has 0 aromatic heterocycles. The summed E-state index contributed by atoms with van der Waals surface area (Å²) in [6.45, 7) is 4.51. The van der Waals surface area contributed by atoms with Gasteiger partial charge in [-0.3, -0.25) is 14.5 Å². The van der Waals surface area contributed by atoms with Gasteiger partial charge in [0.1, 0.15) is 12.1 Å². The second kappa shape index (κ2) is 5.34. The molecule has 0 radical (unpaired) electrons. The molecule has 1 heterocycles. The number of rotatable bonds is 5. The van der Waals surface area contributed by atoms with Crippen LogP contribution in [0.25, 0.3) is 0 Å². The number of nitrogens with zero attached hydrogens (tertiary/aromatic N) is 1. The summed E-state index contributed by atoms with van der Waals surface area (Å²) in [7, 11) is 0. The highest BCUT2D eigenvalue weighted by atomic mass is 16.3. The maximum absolute atomic E-state index is 12.0. The van der Waals surface area contributed by atoms with Gasteiger partial charge < -0.3 is 15.7 Å².